The zero-order valence-electron chi connectivity index (χ0n) is 14.8. The van der Waals surface area contributed by atoms with E-state index < -0.39 is 0 Å². The van der Waals surface area contributed by atoms with E-state index in [-0.39, 0.29) is 27.6 Å². The molecule has 1 aliphatic carbocycles. The fourth-order valence-electron chi connectivity index (χ4n) is 3.41. The minimum absolute atomic E-state index is 0.00482. The molecule has 26 heavy (non-hydrogen) atoms. The third-order valence-corrected chi connectivity index (χ3v) is 5.74. The Morgan fingerprint density at radius 2 is 1.77 bits per heavy atom. The number of hydrogen-bond donors (Lipinski definition) is 0. The summed E-state index contributed by atoms with van der Waals surface area (Å²) in [5.41, 5.74) is 0.912. The Labute approximate surface area is 171 Å². The highest BCUT2D eigenvalue weighted by Crippen LogP contribution is 2.61. The molecule has 0 spiro atoms. The molecule has 138 valence electrons. The van der Waals surface area contributed by atoms with Crippen LogP contribution in [-0.2, 0) is 16.1 Å². The highest BCUT2D eigenvalue weighted by atomic mass is 79.9. The van der Waals surface area contributed by atoms with E-state index in [1.807, 2.05) is 54.6 Å². The number of alkyl halides is 2. The highest BCUT2D eigenvalue weighted by molar-refractivity contribution is 9.24. The fraction of sp³-hybridized carbons (Fsp3) is 0.381. The second-order valence-corrected chi connectivity index (χ2v) is 10.6. The van der Waals surface area contributed by atoms with E-state index in [2.05, 4.69) is 45.7 Å². The first kappa shape index (κ1) is 19.4. The van der Waals surface area contributed by atoms with Gasteiger partial charge in [0.05, 0.1) is 9.65 Å². The molecule has 3 rings (SSSR count). The minimum Gasteiger partial charge on any atom is -0.461 e. The van der Waals surface area contributed by atoms with Crippen LogP contribution in [0, 0.1) is 17.3 Å². The van der Waals surface area contributed by atoms with Gasteiger partial charge in [0.25, 0.3) is 0 Å². The lowest BCUT2D eigenvalue weighted by Crippen LogP contribution is -2.11. The van der Waals surface area contributed by atoms with E-state index in [0.717, 1.165) is 23.5 Å². The summed E-state index contributed by atoms with van der Waals surface area (Å²) in [6.07, 6.45) is 0.910. The van der Waals surface area contributed by atoms with Gasteiger partial charge in [0.1, 0.15) is 18.1 Å². The predicted molar refractivity (Wildman–Crippen MR) is 110 cm³/mol. The number of carbonyl (C=O) groups is 1. The van der Waals surface area contributed by atoms with Crippen LogP contribution in [0.1, 0.15) is 25.8 Å². The van der Waals surface area contributed by atoms with Crippen LogP contribution in [0.15, 0.2) is 54.6 Å². The van der Waals surface area contributed by atoms with Crippen molar-refractivity contribution in [3.63, 3.8) is 0 Å². The van der Waals surface area contributed by atoms with Crippen LogP contribution < -0.4 is 4.74 Å². The van der Waals surface area contributed by atoms with Crippen LogP contribution in [0.2, 0.25) is 0 Å². The van der Waals surface area contributed by atoms with Crippen LogP contribution in [0.3, 0.4) is 0 Å². The van der Waals surface area contributed by atoms with E-state index in [1.165, 1.54) is 0 Å². The van der Waals surface area contributed by atoms with Gasteiger partial charge in [-0.25, -0.2) is 0 Å². The maximum atomic E-state index is 12.5. The van der Waals surface area contributed by atoms with Crippen molar-refractivity contribution in [1.82, 2.24) is 0 Å². The Morgan fingerprint density at radius 1 is 1.08 bits per heavy atom. The van der Waals surface area contributed by atoms with Crippen molar-refractivity contribution < 1.29 is 14.3 Å². The molecule has 1 fully saturated rings. The summed E-state index contributed by atoms with van der Waals surface area (Å²) in [4.78, 5) is 12.5. The molecule has 2 unspecified atom stereocenters. The number of carbonyl (C=O) groups excluding carboxylic acids is 1. The SMILES string of the molecule is CC1(C)C(CC(Br)Br)C1C(=O)OCc1cccc(Oc2ccccc2)c1. The molecule has 5 heteroatoms. The van der Waals surface area contributed by atoms with Crippen LogP contribution >= 0.6 is 31.9 Å². The number of ether oxygens (including phenoxy) is 2. The molecule has 0 aromatic heterocycles. The smallest absolute Gasteiger partial charge is 0.310 e. The largest absolute Gasteiger partial charge is 0.461 e. The summed E-state index contributed by atoms with van der Waals surface area (Å²) < 4.78 is 11.6. The molecule has 2 aromatic rings. The van der Waals surface area contributed by atoms with Crippen molar-refractivity contribution in [2.45, 2.75) is 30.6 Å². The first-order chi connectivity index (χ1) is 12.4. The van der Waals surface area contributed by atoms with Gasteiger partial charge in [-0.2, -0.15) is 0 Å². The Balaban J connectivity index is 1.57. The maximum absolute atomic E-state index is 12.5. The third kappa shape index (κ3) is 4.68. The van der Waals surface area contributed by atoms with Crippen LogP contribution in [0.5, 0.6) is 11.5 Å². The van der Waals surface area contributed by atoms with E-state index in [0.29, 0.717) is 5.92 Å². The van der Waals surface area contributed by atoms with Crippen molar-refractivity contribution >= 4 is 37.8 Å². The lowest BCUT2D eigenvalue weighted by atomic mass is 10.1. The van der Waals surface area contributed by atoms with Gasteiger partial charge in [-0.3, -0.25) is 4.79 Å². The zero-order valence-corrected chi connectivity index (χ0v) is 18.0. The molecule has 0 heterocycles. The standard InChI is InChI=1S/C21H22Br2O3/c1-21(2)17(12-18(22)23)19(21)20(24)25-13-14-7-6-10-16(11-14)26-15-8-4-3-5-9-15/h3-11,17-19H,12-13H2,1-2H3. The fourth-order valence-corrected chi connectivity index (χ4v) is 4.22. The lowest BCUT2D eigenvalue weighted by Gasteiger charge is -2.09. The average Bonchev–Trinajstić information content (AvgIpc) is 3.13. The highest BCUT2D eigenvalue weighted by Gasteiger charge is 2.62. The Morgan fingerprint density at radius 3 is 2.46 bits per heavy atom. The molecule has 2 atom stereocenters. The van der Waals surface area contributed by atoms with E-state index in [4.69, 9.17) is 9.47 Å². The second kappa shape index (κ2) is 8.13. The van der Waals surface area contributed by atoms with Crippen molar-refractivity contribution in [3.05, 3.63) is 60.2 Å². The summed E-state index contributed by atoms with van der Waals surface area (Å²) in [7, 11) is 0. The third-order valence-electron chi connectivity index (χ3n) is 4.99. The van der Waals surface area contributed by atoms with E-state index in [1.54, 1.807) is 0 Å². The number of rotatable bonds is 7. The summed E-state index contributed by atoms with van der Waals surface area (Å²) >= 11 is 7.01. The van der Waals surface area contributed by atoms with Crippen molar-refractivity contribution in [2.24, 2.45) is 17.3 Å². The quantitative estimate of drug-likeness (QED) is 0.343. The molecule has 1 aliphatic rings. The zero-order chi connectivity index (χ0) is 18.7. The molecular formula is C21H22Br2O3. The Hall–Kier alpha value is -1.33. The van der Waals surface area contributed by atoms with Gasteiger partial charge in [-0.15, -0.1) is 0 Å². The maximum Gasteiger partial charge on any atom is 0.310 e. The predicted octanol–water partition coefficient (Wildman–Crippen LogP) is 6.30. The number of halogens is 2. The summed E-state index contributed by atoms with van der Waals surface area (Å²) in [6, 6.07) is 17.3. The molecule has 3 nitrogen and oxygen atoms in total. The number of hydrogen-bond acceptors (Lipinski definition) is 3. The van der Waals surface area contributed by atoms with Crippen LogP contribution in [0.25, 0.3) is 0 Å². The van der Waals surface area contributed by atoms with Crippen molar-refractivity contribution in [1.29, 1.82) is 0 Å². The van der Waals surface area contributed by atoms with Crippen molar-refractivity contribution in [3.8, 4) is 11.5 Å². The minimum atomic E-state index is -0.116. The normalized spacial score (nSPS) is 20.7. The van der Waals surface area contributed by atoms with Crippen molar-refractivity contribution in [2.75, 3.05) is 0 Å². The number of benzene rings is 2. The van der Waals surface area contributed by atoms with Gasteiger partial charge in [0, 0.05) is 0 Å². The molecule has 1 saturated carbocycles. The van der Waals surface area contributed by atoms with E-state index >= 15 is 0 Å². The van der Waals surface area contributed by atoms with E-state index in [9.17, 15) is 4.79 Å². The monoisotopic (exact) mass is 480 g/mol. The first-order valence-electron chi connectivity index (χ1n) is 8.64. The molecule has 0 aliphatic heterocycles. The van der Waals surface area contributed by atoms with Gasteiger partial charge in [-0.05, 0) is 47.6 Å². The Bertz CT molecular complexity index is 759. The molecular weight excluding hydrogens is 460 g/mol. The van der Waals surface area contributed by atoms with Crippen LogP contribution in [0.4, 0.5) is 0 Å². The summed E-state index contributed by atoms with van der Waals surface area (Å²) in [6.45, 7) is 4.51. The Kier molecular flexibility index (Phi) is 6.08. The van der Waals surface area contributed by atoms with Gasteiger partial charge in [0.15, 0.2) is 0 Å². The van der Waals surface area contributed by atoms with Crippen LogP contribution in [-0.4, -0.2) is 9.71 Å². The van der Waals surface area contributed by atoms with Gasteiger partial charge in [-0.1, -0.05) is 76.0 Å². The number of esters is 1. The van der Waals surface area contributed by atoms with Gasteiger partial charge >= 0.3 is 5.97 Å². The molecule has 0 bridgehead atoms. The van der Waals surface area contributed by atoms with Gasteiger partial charge < -0.3 is 9.47 Å². The van der Waals surface area contributed by atoms with Gasteiger partial charge in [0.2, 0.25) is 0 Å². The molecule has 2 aromatic carbocycles. The molecule has 0 saturated heterocycles. The topological polar surface area (TPSA) is 35.5 Å². The average molecular weight is 482 g/mol. The number of para-hydroxylation sites is 1. The summed E-state index contributed by atoms with van der Waals surface area (Å²) in [5, 5.41) is 0. The molecule has 0 amide bonds. The molecule has 0 N–H and O–H groups in total. The summed E-state index contributed by atoms with van der Waals surface area (Å²) in [5.74, 6) is 1.70. The first-order valence-corrected chi connectivity index (χ1v) is 10.5. The lowest BCUT2D eigenvalue weighted by molar-refractivity contribution is -0.147. The second-order valence-electron chi connectivity index (χ2n) is 7.20. The molecule has 0 radical (unpaired) electrons.